The number of thiophene rings is 1. The molecule has 18 heavy (non-hydrogen) atoms. The number of nitrogens with zero attached hydrogens (tertiary/aromatic N) is 1. The molecule has 1 aromatic carbocycles. The lowest BCUT2D eigenvalue weighted by Crippen LogP contribution is -2.19. The monoisotopic (exact) mass is 265 g/mol. The third-order valence-electron chi connectivity index (χ3n) is 2.82. The molecule has 1 N–H and O–H groups in total. The average molecular weight is 265 g/mol. The van der Waals surface area contributed by atoms with Crippen molar-refractivity contribution in [3.05, 3.63) is 52.0 Å². The molecular weight excluding hydrogens is 249 g/mol. The highest BCUT2D eigenvalue weighted by Crippen LogP contribution is 2.29. The van der Waals surface area contributed by atoms with Gasteiger partial charge in [-0.05, 0) is 24.4 Å². The molecule has 0 fully saturated rings. The molecule has 1 atom stereocenters. The normalized spacial score (nSPS) is 12.4. The Balaban J connectivity index is 2.31. The summed E-state index contributed by atoms with van der Waals surface area (Å²) in [6.07, 6.45) is -0.679. The van der Waals surface area contributed by atoms with Crippen molar-refractivity contribution in [2.75, 3.05) is 11.9 Å². The van der Waals surface area contributed by atoms with E-state index in [1.807, 2.05) is 29.5 Å². The van der Waals surface area contributed by atoms with Crippen molar-refractivity contribution < 1.29 is 9.50 Å². The molecule has 0 aliphatic carbocycles. The number of aliphatic hydroxyl groups excluding tert-OH is 1. The Morgan fingerprint density at radius 3 is 2.72 bits per heavy atom. The Bertz CT molecular complexity index is 511. The SMILES string of the molecule is C[C@@H](O)c1cccc(F)c1N(C)Cc1cccs1. The van der Waals surface area contributed by atoms with E-state index in [-0.39, 0.29) is 5.82 Å². The van der Waals surface area contributed by atoms with Crippen molar-refractivity contribution in [1.82, 2.24) is 0 Å². The maximum Gasteiger partial charge on any atom is 0.146 e. The molecule has 96 valence electrons. The number of benzene rings is 1. The van der Waals surface area contributed by atoms with Crippen LogP contribution in [0.25, 0.3) is 0 Å². The molecule has 0 amide bonds. The maximum atomic E-state index is 13.9. The molecule has 0 unspecified atom stereocenters. The molecule has 2 aromatic rings. The van der Waals surface area contributed by atoms with Crippen LogP contribution in [0.2, 0.25) is 0 Å². The third-order valence-corrected chi connectivity index (χ3v) is 3.68. The quantitative estimate of drug-likeness (QED) is 0.913. The second-order valence-corrected chi connectivity index (χ2v) is 5.32. The fourth-order valence-electron chi connectivity index (χ4n) is 1.99. The molecule has 0 bridgehead atoms. The minimum absolute atomic E-state index is 0.299. The Labute approximate surface area is 110 Å². The Morgan fingerprint density at radius 1 is 1.33 bits per heavy atom. The second kappa shape index (κ2) is 5.50. The number of rotatable bonds is 4. The van der Waals surface area contributed by atoms with E-state index in [0.29, 0.717) is 17.8 Å². The summed E-state index contributed by atoms with van der Waals surface area (Å²) in [5, 5.41) is 11.7. The summed E-state index contributed by atoms with van der Waals surface area (Å²) in [5.74, 6) is -0.299. The largest absolute Gasteiger partial charge is 0.389 e. The van der Waals surface area contributed by atoms with Crippen LogP contribution in [0.5, 0.6) is 0 Å². The molecule has 1 aromatic heterocycles. The van der Waals surface area contributed by atoms with E-state index in [1.54, 1.807) is 30.4 Å². The summed E-state index contributed by atoms with van der Waals surface area (Å²) in [5.41, 5.74) is 1.09. The molecular formula is C14H16FNOS. The summed E-state index contributed by atoms with van der Waals surface area (Å²) in [4.78, 5) is 3.00. The van der Waals surface area contributed by atoms with Gasteiger partial charge in [0, 0.05) is 17.5 Å². The van der Waals surface area contributed by atoms with Crippen molar-refractivity contribution in [2.24, 2.45) is 0 Å². The lowest BCUT2D eigenvalue weighted by molar-refractivity contribution is 0.199. The fourth-order valence-corrected chi connectivity index (χ4v) is 2.74. The minimum atomic E-state index is -0.679. The third kappa shape index (κ3) is 2.71. The predicted octanol–water partition coefficient (Wildman–Crippen LogP) is 3.58. The van der Waals surface area contributed by atoms with E-state index in [9.17, 15) is 9.50 Å². The predicted molar refractivity (Wildman–Crippen MR) is 73.5 cm³/mol. The van der Waals surface area contributed by atoms with Crippen LogP contribution in [0.15, 0.2) is 35.7 Å². The maximum absolute atomic E-state index is 13.9. The van der Waals surface area contributed by atoms with Crippen molar-refractivity contribution in [1.29, 1.82) is 0 Å². The molecule has 2 rings (SSSR count). The van der Waals surface area contributed by atoms with Crippen molar-refractivity contribution in [3.63, 3.8) is 0 Å². The molecule has 0 saturated heterocycles. The summed E-state index contributed by atoms with van der Waals surface area (Å²) < 4.78 is 13.9. The van der Waals surface area contributed by atoms with Crippen molar-refractivity contribution in [2.45, 2.75) is 19.6 Å². The zero-order valence-electron chi connectivity index (χ0n) is 10.4. The number of halogens is 1. The van der Waals surface area contributed by atoms with Crippen molar-refractivity contribution >= 4 is 17.0 Å². The van der Waals surface area contributed by atoms with E-state index in [2.05, 4.69) is 0 Å². The minimum Gasteiger partial charge on any atom is -0.389 e. The van der Waals surface area contributed by atoms with Gasteiger partial charge >= 0.3 is 0 Å². The molecule has 0 spiro atoms. The van der Waals surface area contributed by atoms with Gasteiger partial charge in [0.15, 0.2) is 0 Å². The van der Waals surface area contributed by atoms with Gasteiger partial charge in [-0.1, -0.05) is 18.2 Å². The molecule has 0 radical (unpaired) electrons. The smallest absolute Gasteiger partial charge is 0.146 e. The van der Waals surface area contributed by atoms with Gasteiger partial charge in [-0.2, -0.15) is 0 Å². The summed E-state index contributed by atoms with van der Waals surface area (Å²) in [7, 11) is 1.84. The van der Waals surface area contributed by atoms with Crippen LogP contribution >= 0.6 is 11.3 Å². The van der Waals surface area contributed by atoms with Crippen LogP contribution in [0.4, 0.5) is 10.1 Å². The fraction of sp³-hybridized carbons (Fsp3) is 0.286. The van der Waals surface area contributed by atoms with Gasteiger partial charge in [0.1, 0.15) is 5.82 Å². The van der Waals surface area contributed by atoms with Gasteiger partial charge in [0.25, 0.3) is 0 Å². The van der Waals surface area contributed by atoms with Gasteiger partial charge in [-0.25, -0.2) is 4.39 Å². The first kappa shape index (κ1) is 13.1. The van der Waals surface area contributed by atoms with Gasteiger partial charge < -0.3 is 10.0 Å². The first-order valence-electron chi connectivity index (χ1n) is 5.79. The first-order chi connectivity index (χ1) is 8.59. The second-order valence-electron chi connectivity index (χ2n) is 4.29. The standard InChI is InChI=1S/C14H16FNOS/c1-10(17)12-6-3-7-13(15)14(12)16(2)9-11-5-4-8-18-11/h3-8,10,17H,9H2,1-2H3/t10-/m1/s1. The van der Waals surface area contributed by atoms with Crippen LogP contribution in [-0.2, 0) is 6.54 Å². The molecule has 0 aliphatic heterocycles. The lowest BCUT2D eigenvalue weighted by Gasteiger charge is -2.23. The zero-order valence-corrected chi connectivity index (χ0v) is 11.2. The number of anilines is 1. The van der Waals surface area contributed by atoms with Gasteiger partial charge in [0.05, 0.1) is 18.3 Å². The lowest BCUT2D eigenvalue weighted by atomic mass is 10.1. The Hall–Kier alpha value is -1.39. The average Bonchev–Trinajstić information content (AvgIpc) is 2.81. The van der Waals surface area contributed by atoms with Gasteiger partial charge in [-0.3, -0.25) is 0 Å². The van der Waals surface area contributed by atoms with E-state index in [4.69, 9.17) is 0 Å². The van der Waals surface area contributed by atoms with Crippen LogP contribution in [0.3, 0.4) is 0 Å². The summed E-state index contributed by atoms with van der Waals surface area (Å²) in [6, 6.07) is 8.80. The Kier molecular flexibility index (Phi) is 3.99. The first-order valence-corrected chi connectivity index (χ1v) is 6.67. The highest BCUT2D eigenvalue weighted by molar-refractivity contribution is 7.09. The summed E-state index contributed by atoms with van der Waals surface area (Å²) >= 11 is 1.64. The highest BCUT2D eigenvalue weighted by atomic mass is 32.1. The topological polar surface area (TPSA) is 23.5 Å². The molecule has 0 aliphatic rings. The van der Waals surface area contributed by atoms with E-state index in [1.165, 1.54) is 6.07 Å². The molecule has 4 heteroatoms. The van der Waals surface area contributed by atoms with Gasteiger partial charge in [-0.15, -0.1) is 11.3 Å². The molecule has 1 heterocycles. The zero-order chi connectivity index (χ0) is 13.1. The van der Waals surface area contributed by atoms with Crippen LogP contribution in [0, 0.1) is 5.82 Å². The van der Waals surface area contributed by atoms with Gasteiger partial charge in [0.2, 0.25) is 0 Å². The molecule has 0 saturated carbocycles. The van der Waals surface area contributed by atoms with Crippen molar-refractivity contribution in [3.8, 4) is 0 Å². The Morgan fingerprint density at radius 2 is 2.11 bits per heavy atom. The van der Waals surface area contributed by atoms with Crippen LogP contribution < -0.4 is 4.90 Å². The highest BCUT2D eigenvalue weighted by Gasteiger charge is 2.16. The van der Waals surface area contributed by atoms with E-state index < -0.39 is 6.10 Å². The van der Waals surface area contributed by atoms with Crippen LogP contribution in [0.1, 0.15) is 23.5 Å². The van der Waals surface area contributed by atoms with E-state index >= 15 is 0 Å². The number of hydrogen-bond acceptors (Lipinski definition) is 3. The van der Waals surface area contributed by atoms with E-state index in [0.717, 1.165) is 4.88 Å². The number of hydrogen-bond donors (Lipinski definition) is 1. The number of para-hydroxylation sites is 1. The number of aliphatic hydroxyl groups is 1. The summed E-state index contributed by atoms with van der Waals surface area (Å²) in [6.45, 7) is 2.29. The van der Waals surface area contributed by atoms with Crippen LogP contribution in [-0.4, -0.2) is 12.2 Å². The molecule has 2 nitrogen and oxygen atoms in total.